The molecule has 1 N–H and O–H groups in total. The van der Waals surface area contributed by atoms with E-state index in [2.05, 4.69) is 22.3 Å². The Morgan fingerprint density at radius 2 is 2.29 bits per heavy atom. The second-order valence-electron chi connectivity index (χ2n) is 5.06. The minimum Gasteiger partial charge on any atom is -0.486 e. The molecule has 3 rings (SSSR count). The summed E-state index contributed by atoms with van der Waals surface area (Å²) in [5, 5.41) is 7.04. The summed E-state index contributed by atoms with van der Waals surface area (Å²) < 4.78 is 7.61. The standard InChI is InChI=1S/C15H18N4O2/c1-2-7-19-14(16-10-17-19)9-21-12-5-3-11-4-6-15(20)18-13(11)8-12/h3,5,8,10H,2,4,6-7,9H2,1H3,(H,18,20). The molecule has 0 fully saturated rings. The molecule has 1 aromatic heterocycles. The van der Waals surface area contributed by atoms with Gasteiger partial charge in [0.15, 0.2) is 5.82 Å². The highest BCUT2D eigenvalue weighted by molar-refractivity contribution is 5.94. The van der Waals surface area contributed by atoms with Crippen molar-refractivity contribution >= 4 is 11.6 Å². The predicted octanol–water partition coefficient (Wildman–Crippen LogP) is 2.15. The monoisotopic (exact) mass is 286 g/mol. The summed E-state index contributed by atoms with van der Waals surface area (Å²) in [4.78, 5) is 15.6. The van der Waals surface area contributed by atoms with Gasteiger partial charge in [0, 0.05) is 24.7 Å². The number of aryl methyl sites for hydroxylation is 2. The molecule has 110 valence electrons. The summed E-state index contributed by atoms with van der Waals surface area (Å²) in [6, 6.07) is 5.80. The van der Waals surface area contributed by atoms with E-state index in [1.165, 1.54) is 0 Å². The van der Waals surface area contributed by atoms with Gasteiger partial charge in [0.1, 0.15) is 18.7 Å². The van der Waals surface area contributed by atoms with Crippen LogP contribution in [0.2, 0.25) is 0 Å². The Balaban J connectivity index is 1.69. The quantitative estimate of drug-likeness (QED) is 0.914. The number of amides is 1. The van der Waals surface area contributed by atoms with Gasteiger partial charge in [-0.15, -0.1) is 0 Å². The molecule has 21 heavy (non-hydrogen) atoms. The second-order valence-corrected chi connectivity index (χ2v) is 5.06. The molecule has 0 aliphatic carbocycles. The first kappa shape index (κ1) is 13.6. The van der Waals surface area contributed by atoms with Gasteiger partial charge in [0.05, 0.1) is 0 Å². The number of nitrogens with one attached hydrogen (secondary N) is 1. The van der Waals surface area contributed by atoms with Crippen molar-refractivity contribution in [2.45, 2.75) is 39.3 Å². The molecule has 1 aliphatic heterocycles. The van der Waals surface area contributed by atoms with E-state index in [9.17, 15) is 4.79 Å². The Morgan fingerprint density at radius 1 is 1.38 bits per heavy atom. The van der Waals surface area contributed by atoms with Crippen LogP contribution in [0.25, 0.3) is 0 Å². The van der Waals surface area contributed by atoms with Gasteiger partial charge >= 0.3 is 0 Å². The summed E-state index contributed by atoms with van der Waals surface area (Å²) in [5.41, 5.74) is 2.00. The molecule has 0 atom stereocenters. The number of carbonyl (C=O) groups excluding carboxylic acids is 1. The lowest BCUT2D eigenvalue weighted by atomic mass is 10.0. The summed E-state index contributed by atoms with van der Waals surface area (Å²) >= 11 is 0. The van der Waals surface area contributed by atoms with E-state index in [0.29, 0.717) is 13.0 Å². The molecule has 1 aliphatic rings. The van der Waals surface area contributed by atoms with E-state index < -0.39 is 0 Å². The lowest BCUT2D eigenvalue weighted by molar-refractivity contribution is -0.116. The van der Waals surface area contributed by atoms with Crippen molar-refractivity contribution in [3.63, 3.8) is 0 Å². The lowest BCUT2D eigenvalue weighted by Crippen LogP contribution is -2.18. The van der Waals surface area contributed by atoms with Crippen molar-refractivity contribution in [1.82, 2.24) is 14.8 Å². The van der Waals surface area contributed by atoms with E-state index in [4.69, 9.17) is 4.74 Å². The SMILES string of the molecule is CCCn1ncnc1COc1ccc2c(c1)NC(=O)CC2. The summed E-state index contributed by atoms with van der Waals surface area (Å²) in [5.74, 6) is 1.59. The number of fused-ring (bicyclic) bond motifs is 1. The third kappa shape index (κ3) is 3.04. The highest BCUT2D eigenvalue weighted by atomic mass is 16.5. The molecule has 6 nitrogen and oxygen atoms in total. The average molecular weight is 286 g/mol. The van der Waals surface area contributed by atoms with Crippen molar-refractivity contribution in [3.05, 3.63) is 35.9 Å². The van der Waals surface area contributed by atoms with Gasteiger partial charge in [0.2, 0.25) is 5.91 Å². The Hall–Kier alpha value is -2.37. The number of nitrogens with zero attached hydrogens (tertiary/aromatic N) is 3. The number of anilines is 1. The van der Waals surface area contributed by atoms with Crippen LogP contribution in [0, 0.1) is 0 Å². The first-order valence-electron chi connectivity index (χ1n) is 7.18. The topological polar surface area (TPSA) is 69.0 Å². The zero-order valence-electron chi connectivity index (χ0n) is 12.0. The van der Waals surface area contributed by atoms with Crippen molar-refractivity contribution in [3.8, 4) is 5.75 Å². The summed E-state index contributed by atoms with van der Waals surface area (Å²) in [6.07, 6.45) is 3.88. The van der Waals surface area contributed by atoms with Crippen LogP contribution in [-0.4, -0.2) is 20.7 Å². The smallest absolute Gasteiger partial charge is 0.224 e. The number of benzene rings is 1. The van der Waals surface area contributed by atoms with Crippen molar-refractivity contribution in [2.24, 2.45) is 0 Å². The summed E-state index contributed by atoms with van der Waals surface area (Å²) in [7, 11) is 0. The number of carbonyl (C=O) groups is 1. The zero-order valence-corrected chi connectivity index (χ0v) is 12.0. The molecule has 0 unspecified atom stereocenters. The van der Waals surface area contributed by atoms with Gasteiger partial charge in [-0.2, -0.15) is 5.10 Å². The molecule has 2 heterocycles. The average Bonchev–Trinajstić information content (AvgIpc) is 2.92. The lowest BCUT2D eigenvalue weighted by Gasteiger charge is -2.17. The van der Waals surface area contributed by atoms with Gasteiger partial charge in [-0.25, -0.2) is 9.67 Å². The number of aromatic nitrogens is 3. The van der Waals surface area contributed by atoms with Crippen LogP contribution in [0.4, 0.5) is 5.69 Å². The summed E-state index contributed by atoms with van der Waals surface area (Å²) in [6.45, 7) is 3.30. The van der Waals surface area contributed by atoms with E-state index in [0.717, 1.165) is 42.2 Å². The van der Waals surface area contributed by atoms with Gasteiger partial charge in [-0.3, -0.25) is 4.79 Å². The highest BCUT2D eigenvalue weighted by Gasteiger charge is 2.15. The maximum Gasteiger partial charge on any atom is 0.224 e. The van der Waals surface area contributed by atoms with Gasteiger partial charge in [0.25, 0.3) is 0 Å². The number of hydrogen-bond acceptors (Lipinski definition) is 4. The van der Waals surface area contributed by atoms with E-state index in [-0.39, 0.29) is 5.91 Å². The Labute approximate surface area is 123 Å². The third-order valence-electron chi connectivity index (χ3n) is 3.48. The first-order chi connectivity index (χ1) is 10.3. The fourth-order valence-electron chi connectivity index (χ4n) is 2.39. The van der Waals surface area contributed by atoms with Crippen molar-refractivity contribution < 1.29 is 9.53 Å². The van der Waals surface area contributed by atoms with Gasteiger partial charge in [-0.05, 0) is 24.5 Å². The largest absolute Gasteiger partial charge is 0.486 e. The second kappa shape index (κ2) is 5.95. The minimum absolute atomic E-state index is 0.0577. The fraction of sp³-hybridized carbons (Fsp3) is 0.400. The van der Waals surface area contributed by atoms with Crippen LogP contribution in [0.3, 0.4) is 0 Å². The molecule has 6 heteroatoms. The van der Waals surface area contributed by atoms with Crippen molar-refractivity contribution in [2.75, 3.05) is 5.32 Å². The molecule has 0 saturated heterocycles. The normalized spacial score (nSPS) is 13.7. The number of rotatable bonds is 5. The Bertz CT molecular complexity index is 651. The van der Waals surface area contributed by atoms with Crippen LogP contribution in [0.1, 0.15) is 31.2 Å². The zero-order chi connectivity index (χ0) is 14.7. The predicted molar refractivity (Wildman–Crippen MR) is 78.0 cm³/mol. The molecular formula is C15H18N4O2. The van der Waals surface area contributed by atoms with Gasteiger partial charge in [-0.1, -0.05) is 13.0 Å². The number of ether oxygens (including phenoxy) is 1. The van der Waals surface area contributed by atoms with Crippen LogP contribution in [0.5, 0.6) is 5.75 Å². The number of hydrogen-bond donors (Lipinski definition) is 1. The maximum atomic E-state index is 11.4. The Morgan fingerprint density at radius 3 is 3.14 bits per heavy atom. The molecule has 0 spiro atoms. The maximum absolute atomic E-state index is 11.4. The Kier molecular flexibility index (Phi) is 3.85. The molecule has 1 amide bonds. The first-order valence-corrected chi connectivity index (χ1v) is 7.18. The molecule has 0 radical (unpaired) electrons. The molecule has 0 saturated carbocycles. The molecule has 2 aromatic rings. The van der Waals surface area contributed by atoms with E-state index >= 15 is 0 Å². The van der Waals surface area contributed by atoms with Crippen LogP contribution in [-0.2, 0) is 24.4 Å². The van der Waals surface area contributed by atoms with Crippen LogP contribution >= 0.6 is 0 Å². The van der Waals surface area contributed by atoms with Crippen LogP contribution in [0.15, 0.2) is 24.5 Å². The van der Waals surface area contributed by atoms with E-state index in [1.54, 1.807) is 6.33 Å². The van der Waals surface area contributed by atoms with Crippen molar-refractivity contribution in [1.29, 1.82) is 0 Å². The highest BCUT2D eigenvalue weighted by Crippen LogP contribution is 2.27. The van der Waals surface area contributed by atoms with Crippen LogP contribution < -0.4 is 10.1 Å². The molecule has 0 bridgehead atoms. The fourth-order valence-corrected chi connectivity index (χ4v) is 2.39. The van der Waals surface area contributed by atoms with E-state index in [1.807, 2.05) is 22.9 Å². The molecule has 1 aromatic carbocycles. The molecular weight excluding hydrogens is 268 g/mol. The van der Waals surface area contributed by atoms with Gasteiger partial charge < -0.3 is 10.1 Å². The third-order valence-corrected chi connectivity index (χ3v) is 3.48. The minimum atomic E-state index is 0.0577.